The average molecular weight is 484 g/mol. The Kier molecular flexibility index (Phi) is 20.2. The summed E-state index contributed by atoms with van der Waals surface area (Å²) >= 11 is 0. The molecule has 3 rings (SSSR count). The molecular formula is C21H46N3O7P. The molecule has 3 fully saturated rings. The van der Waals surface area contributed by atoms with Crippen molar-refractivity contribution in [3.63, 3.8) is 0 Å². The zero-order chi connectivity index (χ0) is 23.7. The van der Waals surface area contributed by atoms with E-state index in [9.17, 15) is 24.3 Å². The Hall–Kier alpha value is -1.00. The van der Waals surface area contributed by atoms with Crippen molar-refractivity contribution >= 4 is 13.8 Å². The molecule has 0 spiro atoms. The summed E-state index contributed by atoms with van der Waals surface area (Å²) in [6.07, 6.45) is 21.1. The predicted molar refractivity (Wildman–Crippen MR) is 116 cm³/mol. The molecule has 0 atom stereocenters. The van der Waals surface area contributed by atoms with Gasteiger partial charge in [-0.1, -0.05) is 25.8 Å². The Morgan fingerprint density at radius 2 is 0.969 bits per heavy atom. The quantitative estimate of drug-likeness (QED) is 0.232. The van der Waals surface area contributed by atoms with Gasteiger partial charge < -0.3 is 51.5 Å². The lowest BCUT2D eigenvalue weighted by molar-refractivity contribution is -0.425. The van der Waals surface area contributed by atoms with Crippen LogP contribution in [0.5, 0.6) is 0 Å². The first-order valence-electron chi connectivity index (χ1n) is 11.6. The van der Waals surface area contributed by atoms with Gasteiger partial charge in [0.2, 0.25) is 0 Å². The fourth-order valence-corrected chi connectivity index (χ4v) is 4.08. The van der Waals surface area contributed by atoms with E-state index >= 15 is 0 Å². The Labute approximate surface area is 192 Å². The van der Waals surface area contributed by atoms with Crippen molar-refractivity contribution in [3.8, 4) is 0 Å². The molecule has 0 bridgehead atoms. The topological polar surface area (TPSA) is 227 Å². The number of carbonyl (C=O) groups is 1. The Morgan fingerprint density at radius 3 is 1.06 bits per heavy atom. The molecule has 11 N–H and O–H groups in total. The second kappa shape index (κ2) is 19.5. The van der Waals surface area contributed by atoms with Gasteiger partial charge in [-0.25, -0.2) is 0 Å². The number of carbonyl (C=O) groups excluding carboxylic acids is 1. The van der Waals surface area contributed by atoms with Gasteiger partial charge in [-0.05, 0) is 77.0 Å². The number of phosphoric ester groups is 1. The lowest BCUT2D eigenvalue weighted by Crippen LogP contribution is -2.61. The Balaban J connectivity index is 0. The van der Waals surface area contributed by atoms with E-state index in [0.717, 1.165) is 18.1 Å². The van der Waals surface area contributed by atoms with Gasteiger partial charge in [0, 0.05) is 0 Å². The molecule has 0 aromatic rings. The fourth-order valence-electron chi connectivity index (χ4n) is 3.73. The molecule has 0 heterocycles. The molecule has 0 aromatic heterocycles. The van der Waals surface area contributed by atoms with E-state index in [0.29, 0.717) is 0 Å². The van der Waals surface area contributed by atoms with Crippen molar-refractivity contribution in [1.29, 1.82) is 0 Å². The van der Waals surface area contributed by atoms with Crippen molar-refractivity contribution in [2.24, 2.45) is 0 Å². The monoisotopic (exact) mass is 483 g/mol. The van der Waals surface area contributed by atoms with Crippen molar-refractivity contribution in [2.75, 3.05) is 0 Å². The highest BCUT2D eigenvalue weighted by atomic mass is 31.2. The van der Waals surface area contributed by atoms with Crippen molar-refractivity contribution < 1.29 is 51.5 Å². The van der Waals surface area contributed by atoms with Gasteiger partial charge in [0.05, 0.1) is 18.1 Å². The van der Waals surface area contributed by atoms with Crippen molar-refractivity contribution in [3.05, 3.63) is 12.3 Å². The van der Waals surface area contributed by atoms with Crippen LogP contribution in [0.15, 0.2) is 12.3 Å². The summed E-state index contributed by atoms with van der Waals surface area (Å²) in [6.45, 7) is 2.58. The van der Waals surface area contributed by atoms with Gasteiger partial charge in [-0.15, -0.1) is 0 Å². The van der Waals surface area contributed by atoms with E-state index < -0.39 is 19.6 Å². The molecule has 3 aliphatic carbocycles. The van der Waals surface area contributed by atoms with Gasteiger partial charge in [0.15, 0.2) is 0 Å². The number of hydrogen-bond acceptors (Lipinski definition) is 6. The minimum atomic E-state index is -5.30. The first-order chi connectivity index (χ1) is 14.5. The molecule has 0 saturated heterocycles. The molecule has 10 nitrogen and oxygen atoms in total. The third-order valence-electron chi connectivity index (χ3n) is 5.62. The lowest BCUT2D eigenvalue weighted by atomic mass is 9.97. The zero-order valence-electron chi connectivity index (χ0n) is 19.6. The minimum absolute atomic E-state index is 0. The van der Waals surface area contributed by atoms with Crippen LogP contribution in [-0.2, 0) is 13.9 Å². The Morgan fingerprint density at radius 1 is 0.719 bits per heavy atom. The number of aliphatic carboxylic acids is 1. The lowest BCUT2D eigenvalue weighted by Gasteiger charge is -2.29. The summed E-state index contributed by atoms with van der Waals surface area (Å²) in [6, 6.07) is 2.36. The van der Waals surface area contributed by atoms with Crippen LogP contribution in [0.2, 0.25) is 0 Å². The Bertz CT molecular complexity index is 489. The molecule has 32 heavy (non-hydrogen) atoms. The second-order valence-electron chi connectivity index (χ2n) is 8.76. The largest absolute Gasteiger partial charge is 0.780 e. The van der Waals surface area contributed by atoms with E-state index in [-0.39, 0.29) is 5.48 Å². The van der Waals surface area contributed by atoms with E-state index in [1.54, 1.807) is 0 Å². The highest BCUT2D eigenvalue weighted by Gasteiger charge is 2.11. The molecule has 0 aromatic carbocycles. The molecule has 192 valence electrons. The number of quaternary nitrogens is 3. The van der Waals surface area contributed by atoms with Crippen LogP contribution in [0, 0.1) is 0 Å². The molecule has 0 unspecified atom stereocenters. The third-order valence-corrected chi connectivity index (χ3v) is 6.07. The smallest absolute Gasteiger partial charge is 0.139 e. The first kappa shape index (κ1) is 33.2. The summed E-state index contributed by atoms with van der Waals surface area (Å²) < 4.78 is 12.9. The van der Waals surface area contributed by atoms with Gasteiger partial charge in [-0.3, -0.25) is 0 Å². The van der Waals surface area contributed by atoms with Crippen LogP contribution >= 0.6 is 7.82 Å². The van der Waals surface area contributed by atoms with Crippen molar-refractivity contribution in [1.82, 2.24) is 0 Å². The second-order valence-corrected chi connectivity index (χ2v) is 9.84. The van der Waals surface area contributed by atoms with Gasteiger partial charge in [-0.2, -0.15) is 0 Å². The standard InChI is InChI=1S/3C6H13N.C3H5O6P.H2O/c3*7-6-4-2-1-3-5-6;1-2(3(4)5)9-10(6,7)8;/h3*6H,1-5,7H2;1H2,(H,4,5)(H2,6,7,8);1H2. The summed E-state index contributed by atoms with van der Waals surface area (Å²) in [5, 5.41) is 9.64. The molecule has 0 radical (unpaired) electrons. The average Bonchev–Trinajstić information content (AvgIpc) is 2.70. The van der Waals surface area contributed by atoms with Crippen LogP contribution in [0.25, 0.3) is 0 Å². The maximum atomic E-state index is 9.64. The number of phosphoric acid groups is 1. The SMILES string of the molecule is C=C(OP(=O)([O-])[O-])C(=O)[O-].O.[NH3+]C1CCCCC1.[NH3+]C1CCCCC1.[NH3+]C1CCCCC1. The number of carboxylic acids is 1. The summed E-state index contributed by atoms with van der Waals surface area (Å²) in [4.78, 5) is 28.9. The fraction of sp³-hybridized carbons (Fsp3) is 0.857. The number of hydrogen-bond donors (Lipinski definition) is 3. The molecule has 11 heteroatoms. The summed E-state index contributed by atoms with van der Waals surface area (Å²) in [7, 11) is -5.30. The van der Waals surface area contributed by atoms with E-state index in [4.69, 9.17) is 0 Å². The minimum Gasteiger partial charge on any atom is -0.780 e. The third kappa shape index (κ3) is 22.2. The maximum Gasteiger partial charge on any atom is 0.139 e. The van der Waals surface area contributed by atoms with Crippen LogP contribution in [0.1, 0.15) is 96.3 Å². The number of carboxylic acid groups (broad SMARTS) is 1. The van der Waals surface area contributed by atoms with Crippen LogP contribution in [0.4, 0.5) is 0 Å². The van der Waals surface area contributed by atoms with Crippen LogP contribution in [-0.4, -0.2) is 29.6 Å². The van der Waals surface area contributed by atoms with Gasteiger partial charge in [0.25, 0.3) is 0 Å². The molecular weight excluding hydrogens is 437 g/mol. The highest BCUT2D eigenvalue weighted by molar-refractivity contribution is 7.43. The summed E-state index contributed by atoms with van der Waals surface area (Å²) in [5.74, 6) is -3.15. The van der Waals surface area contributed by atoms with Crippen LogP contribution in [0.3, 0.4) is 0 Å². The van der Waals surface area contributed by atoms with Crippen LogP contribution < -0.4 is 32.1 Å². The number of rotatable bonds is 3. The van der Waals surface area contributed by atoms with E-state index in [1.807, 2.05) is 0 Å². The van der Waals surface area contributed by atoms with Gasteiger partial charge in [0.1, 0.15) is 19.6 Å². The highest BCUT2D eigenvalue weighted by Crippen LogP contribution is 2.27. The summed E-state index contributed by atoms with van der Waals surface area (Å²) in [5.41, 5.74) is 12.0. The normalized spacial score (nSPS) is 19.9. The molecule has 0 amide bonds. The molecule has 3 saturated carbocycles. The maximum absolute atomic E-state index is 9.64. The van der Waals surface area contributed by atoms with E-state index in [1.165, 1.54) is 96.3 Å². The van der Waals surface area contributed by atoms with Crippen molar-refractivity contribution in [2.45, 2.75) is 114 Å². The van der Waals surface area contributed by atoms with Gasteiger partial charge >= 0.3 is 0 Å². The molecule has 3 aliphatic rings. The zero-order valence-corrected chi connectivity index (χ0v) is 20.5. The molecule has 0 aliphatic heterocycles. The predicted octanol–water partition coefficient (Wildman–Crippen LogP) is -2.05. The first-order valence-corrected chi connectivity index (χ1v) is 13.1. The van der Waals surface area contributed by atoms with E-state index in [2.05, 4.69) is 28.3 Å².